The molecule has 0 fully saturated rings. The number of aryl methyl sites for hydroxylation is 2. The van der Waals surface area contributed by atoms with Crippen LogP contribution in [0.1, 0.15) is 22.6 Å². The van der Waals surface area contributed by atoms with Gasteiger partial charge in [0.2, 0.25) is 0 Å². The molecule has 0 spiro atoms. The number of hydrogen-bond donors (Lipinski definition) is 1. The Morgan fingerprint density at radius 1 is 1.11 bits per heavy atom. The van der Waals surface area contributed by atoms with Gasteiger partial charge in [0, 0.05) is 12.6 Å². The van der Waals surface area contributed by atoms with Gasteiger partial charge in [0.1, 0.15) is 11.6 Å². The zero-order valence-corrected chi connectivity index (χ0v) is 15.5. The molecule has 136 valence electrons. The number of ether oxygens (including phenoxy) is 1. The number of nitrogens with zero attached hydrogens (tertiary/aromatic N) is 3. The summed E-state index contributed by atoms with van der Waals surface area (Å²) in [5.41, 5.74) is 4.75. The van der Waals surface area contributed by atoms with Gasteiger partial charge < -0.3 is 9.72 Å². The Bertz CT molecular complexity index is 1150. The number of aromatic nitrogens is 4. The van der Waals surface area contributed by atoms with Crippen molar-refractivity contribution in [3.05, 3.63) is 81.7 Å². The molecule has 6 heteroatoms. The van der Waals surface area contributed by atoms with Crippen LogP contribution in [0.4, 0.5) is 0 Å². The first-order valence-electron chi connectivity index (χ1n) is 8.72. The first-order chi connectivity index (χ1) is 13.0. The molecule has 6 nitrogen and oxygen atoms in total. The molecule has 0 radical (unpaired) electrons. The summed E-state index contributed by atoms with van der Waals surface area (Å²) in [7, 11) is 1.58. The van der Waals surface area contributed by atoms with Crippen LogP contribution < -0.4 is 10.3 Å². The van der Waals surface area contributed by atoms with Gasteiger partial charge in [-0.15, -0.1) is 0 Å². The van der Waals surface area contributed by atoms with E-state index in [9.17, 15) is 4.79 Å². The van der Waals surface area contributed by atoms with E-state index in [4.69, 9.17) is 4.74 Å². The standard InChI is InChI=1S/C21H20N4O2/c1-13-12-25(24-14(13)2)16-6-4-15(5-7-16)10-20-22-19-9-8-17(27-3)11-18(19)21(26)23-20/h4-9,11-12H,10H2,1-3H3,(H,22,23,26). The van der Waals surface area contributed by atoms with Gasteiger partial charge in [-0.25, -0.2) is 9.67 Å². The van der Waals surface area contributed by atoms with Crippen molar-refractivity contribution in [1.82, 2.24) is 19.7 Å². The lowest BCUT2D eigenvalue weighted by Gasteiger charge is -2.06. The smallest absolute Gasteiger partial charge is 0.258 e. The van der Waals surface area contributed by atoms with Crippen molar-refractivity contribution in [1.29, 1.82) is 0 Å². The number of benzene rings is 2. The van der Waals surface area contributed by atoms with Gasteiger partial charge >= 0.3 is 0 Å². The lowest BCUT2D eigenvalue weighted by atomic mass is 10.1. The van der Waals surface area contributed by atoms with Gasteiger partial charge in [0.05, 0.1) is 29.4 Å². The number of aromatic amines is 1. The Labute approximate surface area is 156 Å². The van der Waals surface area contributed by atoms with E-state index in [2.05, 4.69) is 15.1 Å². The fourth-order valence-corrected chi connectivity index (χ4v) is 3.02. The van der Waals surface area contributed by atoms with E-state index < -0.39 is 0 Å². The van der Waals surface area contributed by atoms with Crippen molar-refractivity contribution in [2.24, 2.45) is 0 Å². The number of rotatable bonds is 4. The summed E-state index contributed by atoms with van der Waals surface area (Å²) in [5, 5.41) is 5.03. The summed E-state index contributed by atoms with van der Waals surface area (Å²) < 4.78 is 7.05. The average Bonchev–Trinajstić information content (AvgIpc) is 3.01. The van der Waals surface area contributed by atoms with Crippen LogP contribution >= 0.6 is 0 Å². The van der Waals surface area contributed by atoms with Crippen LogP contribution in [-0.2, 0) is 6.42 Å². The second kappa shape index (κ2) is 6.72. The molecule has 0 aliphatic rings. The molecule has 0 atom stereocenters. The maximum absolute atomic E-state index is 12.4. The summed E-state index contributed by atoms with van der Waals surface area (Å²) >= 11 is 0. The Balaban J connectivity index is 1.61. The van der Waals surface area contributed by atoms with Gasteiger partial charge in [-0.3, -0.25) is 4.79 Å². The molecule has 4 aromatic rings. The molecule has 27 heavy (non-hydrogen) atoms. The summed E-state index contributed by atoms with van der Waals surface area (Å²) in [5.74, 6) is 1.28. The Morgan fingerprint density at radius 3 is 2.56 bits per heavy atom. The van der Waals surface area contributed by atoms with Crippen LogP contribution in [0, 0.1) is 13.8 Å². The molecule has 0 saturated heterocycles. The molecule has 4 rings (SSSR count). The van der Waals surface area contributed by atoms with Crippen LogP contribution in [0.5, 0.6) is 5.75 Å². The number of hydrogen-bond acceptors (Lipinski definition) is 4. The first-order valence-corrected chi connectivity index (χ1v) is 8.72. The highest BCUT2D eigenvalue weighted by atomic mass is 16.5. The molecule has 2 aromatic carbocycles. The minimum Gasteiger partial charge on any atom is -0.497 e. The zero-order valence-electron chi connectivity index (χ0n) is 15.5. The Hall–Kier alpha value is -3.41. The quantitative estimate of drug-likeness (QED) is 0.606. The van der Waals surface area contributed by atoms with Crippen LogP contribution in [0.15, 0.2) is 53.5 Å². The predicted molar refractivity (Wildman–Crippen MR) is 105 cm³/mol. The van der Waals surface area contributed by atoms with Gasteiger partial charge in [-0.2, -0.15) is 5.10 Å². The van der Waals surface area contributed by atoms with E-state index >= 15 is 0 Å². The largest absolute Gasteiger partial charge is 0.497 e. The molecule has 1 N–H and O–H groups in total. The highest BCUT2D eigenvalue weighted by Gasteiger charge is 2.07. The fraction of sp³-hybridized carbons (Fsp3) is 0.190. The molecule has 2 heterocycles. The second-order valence-corrected chi connectivity index (χ2v) is 6.58. The highest BCUT2D eigenvalue weighted by Crippen LogP contribution is 2.17. The molecule has 2 aromatic heterocycles. The third-order valence-electron chi connectivity index (χ3n) is 4.68. The molecular weight excluding hydrogens is 340 g/mol. The maximum atomic E-state index is 12.4. The van der Waals surface area contributed by atoms with E-state index in [1.807, 2.05) is 49.0 Å². The van der Waals surface area contributed by atoms with Crippen molar-refractivity contribution in [2.45, 2.75) is 20.3 Å². The lowest BCUT2D eigenvalue weighted by molar-refractivity contribution is 0.415. The van der Waals surface area contributed by atoms with Crippen molar-refractivity contribution in [2.75, 3.05) is 7.11 Å². The van der Waals surface area contributed by atoms with Crippen molar-refractivity contribution in [3.63, 3.8) is 0 Å². The topological polar surface area (TPSA) is 72.8 Å². The number of H-pyrrole nitrogens is 1. The van der Waals surface area contributed by atoms with Gasteiger partial charge in [-0.1, -0.05) is 12.1 Å². The molecule has 0 aliphatic heterocycles. The van der Waals surface area contributed by atoms with Gasteiger partial charge in [0.25, 0.3) is 5.56 Å². The zero-order chi connectivity index (χ0) is 19.0. The normalized spacial score (nSPS) is 11.1. The first kappa shape index (κ1) is 17.0. The average molecular weight is 360 g/mol. The molecule has 0 amide bonds. The minimum atomic E-state index is -0.159. The SMILES string of the molecule is COc1ccc2nc(Cc3ccc(-n4cc(C)c(C)n4)cc3)[nH]c(=O)c2c1. The molecular formula is C21H20N4O2. The summed E-state index contributed by atoms with van der Waals surface area (Å²) in [6.07, 6.45) is 2.57. The molecule has 0 aliphatic carbocycles. The summed E-state index contributed by atoms with van der Waals surface area (Å²) in [4.78, 5) is 19.8. The predicted octanol–water partition coefficient (Wildman–Crippen LogP) is 3.33. The number of nitrogens with one attached hydrogen (secondary N) is 1. The monoisotopic (exact) mass is 360 g/mol. The maximum Gasteiger partial charge on any atom is 0.258 e. The van der Waals surface area contributed by atoms with Crippen LogP contribution in [0.3, 0.4) is 0 Å². The third kappa shape index (κ3) is 3.33. The van der Waals surface area contributed by atoms with Crippen molar-refractivity contribution < 1.29 is 4.74 Å². The molecule has 0 unspecified atom stereocenters. The Morgan fingerprint density at radius 2 is 1.89 bits per heavy atom. The van der Waals surface area contributed by atoms with Crippen molar-refractivity contribution >= 4 is 10.9 Å². The Kier molecular flexibility index (Phi) is 4.24. The van der Waals surface area contributed by atoms with Crippen LogP contribution in [-0.4, -0.2) is 26.9 Å². The lowest BCUT2D eigenvalue weighted by Crippen LogP contribution is -2.12. The van der Waals surface area contributed by atoms with E-state index in [1.54, 1.807) is 25.3 Å². The highest BCUT2D eigenvalue weighted by molar-refractivity contribution is 5.79. The van der Waals surface area contributed by atoms with Crippen molar-refractivity contribution in [3.8, 4) is 11.4 Å². The van der Waals surface area contributed by atoms with E-state index in [1.165, 1.54) is 0 Å². The second-order valence-electron chi connectivity index (χ2n) is 6.58. The fourth-order valence-electron chi connectivity index (χ4n) is 3.02. The van der Waals surface area contributed by atoms with Crippen LogP contribution in [0.2, 0.25) is 0 Å². The number of fused-ring (bicyclic) bond motifs is 1. The molecule has 0 saturated carbocycles. The van der Waals surface area contributed by atoms with Gasteiger partial charge in [0.15, 0.2) is 0 Å². The number of methoxy groups -OCH3 is 1. The third-order valence-corrected chi connectivity index (χ3v) is 4.68. The van der Waals surface area contributed by atoms with E-state index in [-0.39, 0.29) is 5.56 Å². The molecule has 0 bridgehead atoms. The van der Waals surface area contributed by atoms with E-state index in [0.717, 1.165) is 22.5 Å². The summed E-state index contributed by atoms with van der Waals surface area (Å²) in [6.45, 7) is 4.04. The van der Waals surface area contributed by atoms with Crippen LogP contribution in [0.25, 0.3) is 16.6 Å². The minimum absolute atomic E-state index is 0.159. The summed E-state index contributed by atoms with van der Waals surface area (Å²) in [6, 6.07) is 13.4. The van der Waals surface area contributed by atoms with Gasteiger partial charge in [-0.05, 0) is 55.3 Å². The van der Waals surface area contributed by atoms with E-state index in [0.29, 0.717) is 28.9 Å².